The third-order valence-corrected chi connectivity index (χ3v) is 22.7. The van der Waals surface area contributed by atoms with Crippen LogP contribution in [0.1, 0.15) is 205 Å². The van der Waals surface area contributed by atoms with Crippen molar-refractivity contribution in [1.82, 2.24) is 25.6 Å². The van der Waals surface area contributed by atoms with E-state index in [0.29, 0.717) is 85.1 Å². The number of ether oxygens (including phenoxy) is 1. The van der Waals surface area contributed by atoms with Gasteiger partial charge in [0.05, 0.1) is 111 Å². The Morgan fingerprint density at radius 1 is 0.500 bits per heavy atom. The lowest BCUT2D eigenvalue weighted by Gasteiger charge is -2.45. The maximum absolute atomic E-state index is 12.8. The van der Waals surface area contributed by atoms with E-state index in [0.717, 1.165) is 91.8 Å². The van der Waals surface area contributed by atoms with E-state index < -0.39 is 44.5 Å². The Labute approximate surface area is 682 Å². The van der Waals surface area contributed by atoms with Gasteiger partial charge in [0.2, 0.25) is 10.0 Å². The Morgan fingerprint density at radius 3 is 1.40 bits per heavy atom. The Balaban J connectivity index is 0.000000320. The maximum atomic E-state index is 12.8. The number of hydrogen-bond acceptors (Lipinski definition) is 11. The number of sulfonamides is 1. The third kappa shape index (κ3) is 39.3. The number of amides is 6. The Morgan fingerprint density at radius 2 is 0.930 bits per heavy atom. The standard InChI is InChI=1S/2C24H39N3O3.C21H27N3O3.C19H30N2O4S.CH3/c1-4-5-6-7-8-9-11-20-12-14-21(15-13-20)25-23(30)26-24(18-22(28)29)16-10-17-27(2,3)19-24;1-4-5-6-7-8-9-10-20-11-13-21(14-12-20)25-23(30)26-24(19-22(28)29)15-17-27(2,3)18-16-24;1-16(25)13-18(15-24(2,3)4)23-21(26)22-17-9-8-12-20(14-17)27-19-10-6-5-7-11-19;1-3-4-5-6-16-7-9-17(10-8-16)26(24,25)20-19(15-18(22)23)11-13-21(2)14-12-19;/h12-15H,4-11,16-19H2,1-3H3,(H2-,25,26,28,29,30);11-14H,4-10,15-19H2,1-3H3,(H2-,25,26,28,29,30);5-12,14,18H,13,15H2,1-4H3,(H-,22,23,26);7-10,20H,3-6,11-15H2,1-2H3,(H,22,23);1H3/q;;;;-1/p+3/t;;18-;;/m..1../s1. The van der Waals surface area contributed by atoms with Crippen LogP contribution in [0.15, 0.2) is 132 Å². The van der Waals surface area contributed by atoms with Gasteiger partial charge in [-0.15, -0.1) is 0 Å². The van der Waals surface area contributed by atoms with E-state index in [1.54, 1.807) is 24.3 Å². The summed E-state index contributed by atoms with van der Waals surface area (Å²) < 4.78 is 36.4. The number of nitrogens with zero attached hydrogens (tertiary/aromatic N) is 4. The molecule has 2 atom stereocenters. The number of piperidine rings is 3. The molecule has 1 unspecified atom stereocenters. The molecule has 6 amide bonds. The molecule has 3 saturated heterocycles. The maximum Gasteiger partial charge on any atom is 0.319 e. The lowest BCUT2D eigenvalue weighted by Crippen LogP contribution is -2.64. The second kappa shape index (κ2) is 48.8. The molecule has 3 fully saturated rings. The number of para-hydroxylation sites is 1. The number of rotatable bonds is 39. The van der Waals surface area contributed by atoms with Crippen molar-refractivity contribution in [1.29, 1.82) is 0 Å². The van der Waals surface area contributed by atoms with Crippen molar-refractivity contribution >= 4 is 68.9 Å². The second-order valence-electron chi connectivity index (χ2n) is 34.1. The summed E-state index contributed by atoms with van der Waals surface area (Å²) in [4.78, 5) is 85.5. The predicted molar refractivity (Wildman–Crippen MR) is 459 cm³/mol. The molecule has 634 valence electrons. The first-order chi connectivity index (χ1) is 53.4. The van der Waals surface area contributed by atoms with Crippen molar-refractivity contribution in [3.63, 3.8) is 0 Å². The number of likely N-dealkylation sites (N-methyl/N-ethyl adjacent to an activating group) is 2. The molecule has 3 aliphatic rings. The van der Waals surface area contributed by atoms with E-state index in [2.05, 4.69) is 115 Å². The molecule has 0 aliphatic carbocycles. The molecule has 0 saturated carbocycles. The van der Waals surface area contributed by atoms with Gasteiger partial charge in [-0.3, -0.25) is 19.2 Å². The SMILES string of the molecule is CC(=O)C[C@H](C[N+](C)(C)C)NC(=O)Nc1cccc(Oc2ccccc2)c1.CCCCCCCCc1ccc(NC(=O)NC2(CC(=O)O)CCC[N+](C)(C)C2)cc1.CCCCCCCCc1ccc(NC(=O)NC2(CC(=O)O)CC[N+](C)(C)CC2)cc1.CCCCCc1ccc(S(=O)(=O)NC2(CC(=O)O)CCN(C)CC2)cc1.[CH3-]. The first kappa shape index (κ1) is 97.9. The van der Waals surface area contributed by atoms with Crippen molar-refractivity contribution in [3.8, 4) is 11.5 Å². The fraction of sp³-hybridized carbons (Fsp3) is 0.573. The number of nitrogens with one attached hydrogen (secondary N) is 7. The molecule has 3 aliphatic heterocycles. The lowest BCUT2D eigenvalue weighted by molar-refractivity contribution is -0.899. The van der Waals surface area contributed by atoms with Crippen LogP contribution in [0.2, 0.25) is 0 Å². The van der Waals surface area contributed by atoms with Crippen molar-refractivity contribution in [2.45, 2.75) is 235 Å². The quantitative estimate of drug-likeness (QED) is 0.00994. The van der Waals surface area contributed by atoms with Gasteiger partial charge in [0.1, 0.15) is 29.4 Å². The third-order valence-electron chi connectivity index (χ3n) is 21.1. The number of anilines is 3. The molecule has 0 bridgehead atoms. The molecule has 25 heteroatoms. The lowest BCUT2D eigenvalue weighted by atomic mass is 9.83. The number of carbonyl (C=O) groups excluding carboxylic acids is 4. The van der Waals surface area contributed by atoms with Crippen LogP contribution >= 0.6 is 0 Å². The molecule has 10 N–H and O–H groups in total. The predicted octanol–water partition coefficient (Wildman–Crippen LogP) is 16.3. The molecule has 114 heavy (non-hydrogen) atoms. The number of carboxylic acids is 3. The molecule has 5 aromatic rings. The number of likely N-dealkylation sites (tertiary alicyclic amines) is 3. The molecular weight excluding hydrogens is 1460 g/mol. The number of aliphatic carboxylic acids is 3. The summed E-state index contributed by atoms with van der Waals surface area (Å²) in [5.41, 5.74) is 3.46. The number of aryl methyl sites for hydroxylation is 3. The average molecular weight is 1610 g/mol. The minimum atomic E-state index is -3.76. The van der Waals surface area contributed by atoms with E-state index in [4.69, 9.17) is 4.74 Å². The van der Waals surface area contributed by atoms with E-state index in [-0.39, 0.29) is 61.5 Å². The van der Waals surface area contributed by atoms with Crippen molar-refractivity contribution in [2.75, 3.05) is 118 Å². The first-order valence-electron chi connectivity index (χ1n) is 41.1. The minimum Gasteiger partial charge on any atom is -0.481 e. The smallest absolute Gasteiger partial charge is 0.319 e. The van der Waals surface area contributed by atoms with Gasteiger partial charge in [-0.25, -0.2) is 27.5 Å². The minimum absolute atomic E-state index is 0. The van der Waals surface area contributed by atoms with Gasteiger partial charge in [-0.05, 0) is 169 Å². The highest BCUT2D eigenvalue weighted by Crippen LogP contribution is 2.32. The van der Waals surface area contributed by atoms with Crippen LogP contribution in [0.3, 0.4) is 0 Å². The zero-order valence-corrected chi connectivity index (χ0v) is 71.9. The summed E-state index contributed by atoms with van der Waals surface area (Å²) in [6.07, 6.45) is 25.8. The van der Waals surface area contributed by atoms with Gasteiger partial charge in [-0.2, -0.15) is 0 Å². The largest absolute Gasteiger partial charge is 0.481 e. The van der Waals surface area contributed by atoms with Gasteiger partial charge < -0.3 is 77.7 Å². The van der Waals surface area contributed by atoms with Crippen molar-refractivity contribution in [2.24, 2.45) is 0 Å². The van der Waals surface area contributed by atoms with Gasteiger partial charge in [0, 0.05) is 47.9 Å². The highest BCUT2D eigenvalue weighted by Gasteiger charge is 2.45. The fourth-order valence-corrected chi connectivity index (χ4v) is 16.5. The number of Topliss-reactive ketones (excluding diaryl/α,β-unsaturated/α-hetero) is 1. The Bertz CT molecular complexity index is 3820. The van der Waals surface area contributed by atoms with E-state index in [9.17, 15) is 57.3 Å². The van der Waals surface area contributed by atoms with E-state index in [1.165, 1.54) is 95.1 Å². The van der Waals surface area contributed by atoms with Crippen LogP contribution in [0.4, 0.5) is 31.4 Å². The molecule has 8 rings (SSSR count). The number of ketones is 1. The average Bonchev–Trinajstić information content (AvgIpc) is 0.766. The summed E-state index contributed by atoms with van der Waals surface area (Å²) in [6, 6.07) is 38.3. The number of unbranched alkanes of at least 4 members (excludes halogenated alkanes) is 12. The molecule has 0 aromatic heterocycles. The Kier molecular flexibility index (Phi) is 41.9. The van der Waals surface area contributed by atoms with Gasteiger partial charge in [-0.1, -0.05) is 158 Å². The highest BCUT2D eigenvalue weighted by atomic mass is 32.2. The summed E-state index contributed by atoms with van der Waals surface area (Å²) in [5, 5.41) is 45.4. The second-order valence-corrected chi connectivity index (χ2v) is 35.8. The number of carboxylic acid groups (broad SMARTS) is 3. The summed E-state index contributed by atoms with van der Waals surface area (Å²) in [6.45, 7) is 13.5. The summed E-state index contributed by atoms with van der Waals surface area (Å²) in [7, 11) is 12.7. The molecule has 0 radical (unpaired) electrons. The molecule has 5 aromatic carbocycles. The van der Waals surface area contributed by atoms with Gasteiger partial charge in [0.15, 0.2) is 0 Å². The van der Waals surface area contributed by atoms with Gasteiger partial charge >= 0.3 is 36.0 Å². The van der Waals surface area contributed by atoms with Crippen LogP contribution in [0.5, 0.6) is 11.5 Å². The molecule has 3 heterocycles. The number of quaternary nitrogens is 3. The molecular formula is C89H141N11O13S+2. The normalized spacial score (nSPS) is 16.9. The van der Waals surface area contributed by atoms with E-state index >= 15 is 0 Å². The molecule has 24 nitrogen and oxygen atoms in total. The van der Waals surface area contributed by atoms with Crippen LogP contribution < -0.4 is 41.4 Å². The zero-order chi connectivity index (χ0) is 83.1. The monoisotopic (exact) mass is 1600 g/mol. The van der Waals surface area contributed by atoms with Gasteiger partial charge in [0.25, 0.3) is 0 Å². The van der Waals surface area contributed by atoms with Crippen LogP contribution in [-0.2, 0) is 48.5 Å². The summed E-state index contributed by atoms with van der Waals surface area (Å²) >= 11 is 0. The fourth-order valence-electron chi connectivity index (χ4n) is 15.0. The van der Waals surface area contributed by atoms with Crippen molar-refractivity contribution < 1.29 is 75.5 Å². The summed E-state index contributed by atoms with van der Waals surface area (Å²) in [5.74, 6) is -1.33. The zero-order valence-electron chi connectivity index (χ0n) is 71.1. The van der Waals surface area contributed by atoms with E-state index in [1.807, 2.05) is 107 Å². The molecule has 0 spiro atoms. The topological polar surface area (TPSA) is 311 Å². The highest BCUT2D eigenvalue weighted by molar-refractivity contribution is 7.89. The number of hydrogen-bond donors (Lipinski definition) is 10. The van der Waals surface area contributed by atoms with Crippen LogP contribution in [-0.4, -0.2) is 209 Å². The van der Waals surface area contributed by atoms with Crippen molar-refractivity contribution in [3.05, 3.63) is 152 Å². The number of urea groups is 3. The first-order valence-corrected chi connectivity index (χ1v) is 42.6. The van der Waals surface area contributed by atoms with Crippen LogP contribution in [0.25, 0.3) is 0 Å². The van der Waals surface area contributed by atoms with Crippen LogP contribution in [0, 0.1) is 7.43 Å². The number of benzene rings is 5. The Hall–Kier alpha value is -8.46. The number of carbonyl (C=O) groups is 7.